The van der Waals surface area contributed by atoms with E-state index in [1.807, 2.05) is 92.7 Å². The van der Waals surface area contributed by atoms with Crippen LogP contribution >= 0.6 is 11.8 Å². The Labute approximate surface area is 179 Å². The molecule has 1 amide bonds. The lowest BCUT2D eigenvalue weighted by Crippen LogP contribution is -2.19. The van der Waals surface area contributed by atoms with Gasteiger partial charge in [0.1, 0.15) is 5.25 Å². The van der Waals surface area contributed by atoms with Gasteiger partial charge in [0.25, 0.3) is 5.22 Å². The number of nitrogens with zero attached hydrogens (tertiary/aromatic N) is 2. The monoisotopic (exact) mass is 415 g/mol. The van der Waals surface area contributed by atoms with Crippen molar-refractivity contribution in [2.24, 2.45) is 0 Å². The molecule has 0 aliphatic rings. The van der Waals surface area contributed by atoms with E-state index in [1.165, 1.54) is 11.8 Å². The van der Waals surface area contributed by atoms with Crippen molar-refractivity contribution in [1.82, 2.24) is 10.2 Å². The summed E-state index contributed by atoms with van der Waals surface area (Å²) >= 11 is 1.24. The molecule has 1 N–H and O–H groups in total. The molecule has 1 atom stereocenters. The normalized spacial score (nSPS) is 11.8. The van der Waals surface area contributed by atoms with Crippen molar-refractivity contribution in [1.29, 1.82) is 0 Å². The highest BCUT2D eigenvalue weighted by Crippen LogP contribution is 2.37. The Morgan fingerprint density at radius 2 is 1.60 bits per heavy atom. The minimum atomic E-state index is -0.530. The molecule has 6 heteroatoms. The fourth-order valence-electron chi connectivity index (χ4n) is 3.03. The number of carbonyl (C=O) groups excluding carboxylic acids is 1. The zero-order chi connectivity index (χ0) is 20.9. The minimum Gasteiger partial charge on any atom is -0.411 e. The predicted octanol–water partition coefficient (Wildman–Crippen LogP) is 5.83. The van der Waals surface area contributed by atoms with Gasteiger partial charge in [-0.05, 0) is 54.9 Å². The average molecular weight is 416 g/mol. The van der Waals surface area contributed by atoms with Gasteiger partial charge in [-0.3, -0.25) is 4.79 Å². The van der Waals surface area contributed by atoms with Crippen LogP contribution in [0.25, 0.3) is 11.5 Å². The standard InChI is InChI=1S/C24H21N3O2S/c1-16-12-14-19(15-13-16)25-22(28)21(18-9-4-3-5-10-18)30-24-27-26-23(29-24)20-11-7-6-8-17(20)2/h3-15,21H,1-2H3,(H,25,28)/t21-/m0/s1. The summed E-state index contributed by atoms with van der Waals surface area (Å²) in [5, 5.41) is 11.1. The lowest BCUT2D eigenvalue weighted by atomic mass is 10.1. The summed E-state index contributed by atoms with van der Waals surface area (Å²) in [5.74, 6) is 0.298. The van der Waals surface area contributed by atoms with E-state index in [0.29, 0.717) is 11.1 Å². The van der Waals surface area contributed by atoms with E-state index in [1.54, 1.807) is 0 Å². The molecular weight excluding hydrogens is 394 g/mol. The number of benzene rings is 3. The SMILES string of the molecule is Cc1ccc(NC(=O)[C@@H](Sc2nnc(-c3ccccc3C)o2)c2ccccc2)cc1. The van der Waals surface area contributed by atoms with Crippen molar-refractivity contribution in [2.75, 3.05) is 5.32 Å². The topological polar surface area (TPSA) is 68.0 Å². The fraction of sp³-hybridized carbons (Fsp3) is 0.125. The maximum atomic E-state index is 13.1. The van der Waals surface area contributed by atoms with Crippen molar-refractivity contribution < 1.29 is 9.21 Å². The van der Waals surface area contributed by atoms with Gasteiger partial charge in [-0.15, -0.1) is 10.2 Å². The Morgan fingerprint density at radius 3 is 2.33 bits per heavy atom. The highest BCUT2D eigenvalue weighted by atomic mass is 32.2. The van der Waals surface area contributed by atoms with Gasteiger partial charge in [-0.2, -0.15) is 0 Å². The van der Waals surface area contributed by atoms with Crippen LogP contribution in [-0.2, 0) is 4.79 Å². The fourth-order valence-corrected chi connectivity index (χ4v) is 3.90. The molecule has 30 heavy (non-hydrogen) atoms. The van der Waals surface area contributed by atoms with Gasteiger partial charge in [0.15, 0.2) is 0 Å². The van der Waals surface area contributed by atoms with Crippen molar-refractivity contribution in [2.45, 2.75) is 24.3 Å². The Kier molecular flexibility index (Phi) is 5.95. The van der Waals surface area contributed by atoms with E-state index in [2.05, 4.69) is 15.5 Å². The van der Waals surface area contributed by atoms with E-state index < -0.39 is 5.25 Å². The zero-order valence-corrected chi connectivity index (χ0v) is 17.5. The van der Waals surface area contributed by atoms with Gasteiger partial charge in [-0.25, -0.2) is 0 Å². The molecule has 150 valence electrons. The van der Waals surface area contributed by atoms with Crippen molar-refractivity contribution >= 4 is 23.4 Å². The number of carbonyl (C=O) groups is 1. The first kappa shape index (κ1) is 19.9. The molecule has 1 aromatic heterocycles. The number of amides is 1. The van der Waals surface area contributed by atoms with Gasteiger partial charge in [0, 0.05) is 11.3 Å². The predicted molar refractivity (Wildman–Crippen MR) is 119 cm³/mol. The lowest BCUT2D eigenvalue weighted by Gasteiger charge is -2.15. The van der Waals surface area contributed by atoms with Crippen LogP contribution in [0.4, 0.5) is 5.69 Å². The number of hydrogen-bond donors (Lipinski definition) is 1. The van der Waals surface area contributed by atoms with Crippen molar-refractivity contribution in [3.8, 4) is 11.5 Å². The largest absolute Gasteiger partial charge is 0.411 e. The molecule has 0 fully saturated rings. The second-order valence-electron chi connectivity index (χ2n) is 6.95. The quantitative estimate of drug-likeness (QED) is 0.402. The minimum absolute atomic E-state index is 0.148. The molecule has 1 heterocycles. The number of nitrogens with one attached hydrogen (secondary N) is 1. The summed E-state index contributed by atoms with van der Waals surface area (Å²) in [6.07, 6.45) is 0. The Bertz CT molecular complexity index is 1140. The molecule has 0 unspecified atom stereocenters. The van der Waals surface area contributed by atoms with Crippen LogP contribution in [0.3, 0.4) is 0 Å². The molecule has 0 bridgehead atoms. The molecule has 0 saturated carbocycles. The third-order valence-corrected chi connectivity index (χ3v) is 5.75. The molecule has 4 aromatic rings. The number of aromatic nitrogens is 2. The van der Waals surface area contributed by atoms with Gasteiger partial charge in [0.2, 0.25) is 11.8 Å². The number of anilines is 1. The molecule has 0 aliphatic carbocycles. The summed E-state index contributed by atoms with van der Waals surface area (Å²) in [6, 6.07) is 25.1. The summed E-state index contributed by atoms with van der Waals surface area (Å²) in [7, 11) is 0. The van der Waals surface area contributed by atoms with Gasteiger partial charge < -0.3 is 9.73 Å². The first-order valence-electron chi connectivity index (χ1n) is 9.59. The van der Waals surface area contributed by atoms with Crippen LogP contribution in [-0.4, -0.2) is 16.1 Å². The smallest absolute Gasteiger partial charge is 0.277 e. The van der Waals surface area contributed by atoms with E-state index in [0.717, 1.165) is 27.9 Å². The Morgan fingerprint density at radius 1 is 0.900 bits per heavy atom. The summed E-state index contributed by atoms with van der Waals surface area (Å²) in [4.78, 5) is 13.1. The van der Waals surface area contributed by atoms with Gasteiger partial charge in [-0.1, -0.05) is 66.2 Å². The number of hydrogen-bond acceptors (Lipinski definition) is 5. The zero-order valence-electron chi connectivity index (χ0n) is 16.7. The Hall–Kier alpha value is -3.38. The van der Waals surface area contributed by atoms with Crippen LogP contribution in [0, 0.1) is 13.8 Å². The van der Waals surface area contributed by atoms with Gasteiger partial charge >= 0.3 is 0 Å². The van der Waals surface area contributed by atoms with Gasteiger partial charge in [0.05, 0.1) is 0 Å². The second-order valence-corrected chi connectivity index (χ2v) is 8.01. The second kappa shape index (κ2) is 8.97. The first-order chi connectivity index (χ1) is 14.6. The maximum Gasteiger partial charge on any atom is 0.277 e. The van der Waals surface area contributed by atoms with Crippen LogP contribution in [0.15, 0.2) is 88.5 Å². The van der Waals surface area contributed by atoms with E-state index >= 15 is 0 Å². The lowest BCUT2D eigenvalue weighted by molar-refractivity contribution is -0.115. The summed E-state index contributed by atoms with van der Waals surface area (Å²) in [5.41, 5.74) is 4.68. The van der Waals surface area contributed by atoms with Crippen LogP contribution in [0.2, 0.25) is 0 Å². The third kappa shape index (κ3) is 4.60. The maximum absolute atomic E-state index is 13.1. The van der Waals surface area contributed by atoms with Crippen LogP contribution < -0.4 is 5.32 Å². The molecule has 0 aliphatic heterocycles. The first-order valence-corrected chi connectivity index (χ1v) is 10.5. The highest BCUT2D eigenvalue weighted by molar-refractivity contribution is 8.00. The Balaban J connectivity index is 1.59. The van der Waals surface area contributed by atoms with Crippen molar-refractivity contribution in [3.63, 3.8) is 0 Å². The van der Waals surface area contributed by atoms with Crippen LogP contribution in [0.1, 0.15) is 21.9 Å². The molecule has 0 radical (unpaired) electrons. The van der Waals surface area contributed by atoms with E-state index in [-0.39, 0.29) is 5.91 Å². The van der Waals surface area contributed by atoms with Crippen molar-refractivity contribution in [3.05, 3.63) is 95.6 Å². The number of aryl methyl sites for hydroxylation is 2. The molecule has 0 saturated heterocycles. The molecule has 3 aromatic carbocycles. The highest BCUT2D eigenvalue weighted by Gasteiger charge is 2.25. The molecule has 0 spiro atoms. The van der Waals surface area contributed by atoms with E-state index in [9.17, 15) is 4.79 Å². The average Bonchev–Trinajstić information content (AvgIpc) is 3.23. The summed E-state index contributed by atoms with van der Waals surface area (Å²) in [6.45, 7) is 4.00. The third-order valence-electron chi connectivity index (χ3n) is 4.66. The summed E-state index contributed by atoms with van der Waals surface area (Å²) < 4.78 is 5.88. The molecule has 4 rings (SSSR count). The van der Waals surface area contributed by atoms with Crippen LogP contribution in [0.5, 0.6) is 0 Å². The molecular formula is C24H21N3O2S. The number of thioether (sulfide) groups is 1. The molecule has 5 nitrogen and oxygen atoms in total. The van der Waals surface area contributed by atoms with E-state index in [4.69, 9.17) is 4.42 Å². The number of rotatable bonds is 6.